The first-order valence-electron chi connectivity index (χ1n) is 16.8. The third-order valence-corrected chi connectivity index (χ3v) is 9.76. The molecule has 2 aliphatic carbocycles. The quantitative estimate of drug-likeness (QED) is 0.186. The zero-order valence-electron chi connectivity index (χ0n) is 27.4. The van der Waals surface area contributed by atoms with Crippen molar-refractivity contribution in [3.05, 3.63) is 166 Å². The van der Waals surface area contributed by atoms with E-state index in [2.05, 4.69) is 147 Å². The van der Waals surface area contributed by atoms with Crippen LogP contribution in [-0.2, 0) is 0 Å². The fraction of sp³-hybridized carbons (Fsp3) is 0.205. The van der Waals surface area contributed by atoms with Crippen molar-refractivity contribution in [2.24, 2.45) is 20.9 Å². The molecule has 0 fully saturated rings. The fourth-order valence-electron chi connectivity index (χ4n) is 7.36. The molecule has 47 heavy (non-hydrogen) atoms. The van der Waals surface area contributed by atoms with E-state index in [0.29, 0.717) is 6.54 Å². The van der Waals surface area contributed by atoms with Crippen LogP contribution in [0.3, 0.4) is 0 Å². The summed E-state index contributed by atoms with van der Waals surface area (Å²) in [6.45, 7) is 9.18. The highest BCUT2D eigenvalue weighted by molar-refractivity contribution is 6.14. The molecule has 3 aliphatic rings. The van der Waals surface area contributed by atoms with Crippen LogP contribution in [0.2, 0.25) is 0 Å². The summed E-state index contributed by atoms with van der Waals surface area (Å²) in [7, 11) is 0. The topological polar surface area (TPSA) is 37.1 Å². The van der Waals surface area contributed by atoms with Crippen molar-refractivity contribution in [3.63, 3.8) is 0 Å². The van der Waals surface area contributed by atoms with Gasteiger partial charge in [-0.25, -0.2) is 0 Å². The van der Waals surface area contributed by atoms with Gasteiger partial charge in [0.2, 0.25) is 0 Å². The second kappa shape index (κ2) is 13.7. The van der Waals surface area contributed by atoms with Crippen molar-refractivity contribution >= 4 is 29.5 Å². The Morgan fingerprint density at radius 1 is 0.809 bits per heavy atom. The van der Waals surface area contributed by atoms with E-state index < -0.39 is 0 Å². The van der Waals surface area contributed by atoms with Gasteiger partial charge in [0.25, 0.3) is 0 Å². The minimum atomic E-state index is 0.272. The lowest BCUT2D eigenvalue weighted by atomic mass is 9.73. The Morgan fingerprint density at radius 2 is 1.53 bits per heavy atom. The van der Waals surface area contributed by atoms with Gasteiger partial charge in [0.05, 0.1) is 23.6 Å². The summed E-state index contributed by atoms with van der Waals surface area (Å²) >= 11 is 0. The molecule has 0 bridgehead atoms. The predicted octanol–water partition coefficient (Wildman–Crippen LogP) is 11.1. The van der Waals surface area contributed by atoms with Crippen molar-refractivity contribution in [2.45, 2.75) is 45.4 Å². The second-order valence-corrected chi connectivity index (χ2v) is 12.7. The van der Waals surface area contributed by atoms with Crippen LogP contribution in [0.15, 0.2) is 159 Å². The number of benzene rings is 4. The number of para-hydroxylation sites is 1. The summed E-state index contributed by atoms with van der Waals surface area (Å²) in [6, 6.07) is 36.6. The molecule has 2 unspecified atom stereocenters. The van der Waals surface area contributed by atoms with Crippen LogP contribution in [0.1, 0.15) is 60.8 Å². The smallest absolute Gasteiger partial charge is 0.0748 e. The first kappa shape index (κ1) is 30.5. The van der Waals surface area contributed by atoms with Gasteiger partial charge >= 0.3 is 0 Å². The number of hydrogen-bond acceptors (Lipinski definition) is 3. The molecular formula is C44H41N3. The highest BCUT2D eigenvalue weighted by Gasteiger charge is 2.33. The van der Waals surface area contributed by atoms with E-state index in [1.165, 1.54) is 50.2 Å². The molecule has 1 heterocycles. The third kappa shape index (κ3) is 6.31. The largest absolute Gasteiger partial charge is 0.280 e. The van der Waals surface area contributed by atoms with Crippen LogP contribution in [0, 0.1) is 12.8 Å². The number of aryl methyl sites for hydroxylation is 1. The summed E-state index contributed by atoms with van der Waals surface area (Å²) in [5.41, 5.74) is 15.5. The van der Waals surface area contributed by atoms with Crippen LogP contribution in [0.4, 0.5) is 5.69 Å². The standard InChI is InChI=1S/C44H41N3/c1-30-14-7-8-19-37(30)42-31(2)43(47-41-23-12-9-20-38(41)42)36-18-13-15-32(28-36)29-46-40-22-11-10-21-39(40)44(45-3)35-26-24-34(25-27-35)33-16-5-4-6-17-33/h4-9,11-12,14-17,19-20,22-28,31,42H,3,10,13,18,21,29H2,1-2H3/b44-39-,46-40?. The summed E-state index contributed by atoms with van der Waals surface area (Å²) in [4.78, 5) is 15.0. The van der Waals surface area contributed by atoms with Crippen LogP contribution in [-0.4, -0.2) is 24.7 Å². The maximum absolute atomic E-state index is 5.29. The number of hydrogen-bond donors (Lipinski definition) is 0. The molecular weight excluding hydrogens is 571 g/mol. The van der Waals surface area contributed by atoms with E-state index in [-0.39, 0.29) is 11.8 Å². The Hall–Kier alpha value is -5.15. The maximum atomic E-state index is 5.29. The van der Waals surface area contributed by atoms with Gasteiger partial charge < -0.3 is 0 Å². The van der Waals surface area contributed by atoms with Crippen LogP contribution < -0.4 is 0 Å². The molecule has 7 rings (SSSR count). The van der Waals surface area contributed by atoms with Gasteiger partial charge in [-0.2, -0.15) is 0 Å². The average Bonchev–Trinajstić information content (AvgIpc) is 3.12. The highest BCUT2D eigenvalue weighted by Crippen LogP contribution is 2.45. The molecule has 0 N–H and O–H groups in total. The third-order valence-electron chi connectivity index (χ3n) is 9.76. The first-order valence-corrected chi connectivity index (χ1v) is 16.8. The normalized spacial score (nSPS) is 21.0. The zero-order valence-corrected chi connectivity index (χ0v) is 27.4. The number of allylic oxidation sites excluding steroid dienone is 5. The van der Waals surface area contributed by atoms with Crippen molar-refractivity contribution in [2.75, 3.05) is 6.54 Å². The van der Waals surface area contributed by atoms with Gasteiger partial charge in [0, 0.05) is 28.7 Å². The number of rotatable bonds is 7. The molecule has 1 aliphatic heterocycles. The van der Waals surface area contributed by atoms with Gasteiger partial charge in [-0.1, -0.05) is 122 Å². The number of nitrogens with zero attached hydrogens (tertiary/aromatic N) is 3. The highest BCUT2D eigenvalue weighted by atomic mass is 14.8. The van der Waals surface area contributed by atoms with E-state index >= 15 is 0 Å². The molecule has 0 amide bonds. The van der Waals surface area contributed by atoms with E-state index in [4.69, 9.17) is 9.98 Å². The lowest BCUT2D eigenvalue weighted by Gasteiger charge is -2.34. The van der Waals surface area contributed by atoms with Gasteiger partial charge in [-0.05, 0) is 90.4 Å². The van der Waals surface area contributed by atoms with Crippen molar-refractivity contribution in [1.29, 1.82) is 0 Å². The predicted molar refractivity (Wildman–Crippen MR) is 200 cm³/mol. The molecule has 3 heteroatoms. The van der Waals surface area contributed by atoms with Crippen molar-refractivity contribution < 1.29 is 0 Å². The van der Waals surface area contributed by atoms with E-state index in [1.54, 1.807) is 0 Å². The molecule has 2 atom stereocenters. The Balaban J connectivity index is 1.17. The first-order chi connectivity index (χ1) is 23.1. The molecule has 4 aromatic carbocycles. The lowest BCUT2D eigenvalue weighted by molar-refractivity contribution is 0.642. The Bertz CT molecular complexity index is 1980. The molecule has 0 saturated carbocycles. The van der Waals surface area contributed by atoms with Crippen LogP contribution >= 0.6 is 0 Å². The summed E-state index contributed by atoms with van der Waals surface area (Å²) < 4.78 is 0. The average molecular weight is 612 g/mol. The van der Waals surface area contributed by atoms with Gasteiger partial charge in [0.15, 0.2) is 0 Å². The van der Waals surface area contributed by atoms with Crippen LogP contribution in [0.25, 0.3) is 16.8 Å². The Morgan fingerprint density at radius 3 is 2.32 bits per heavy atom. The van der Waals surface area contributed by atoms with Crippen molar-refractivity contribution in [1.82, 2.24) is 0 Å². The van der Waals surface area contributed by atoms with Crippen molar-refractivity contribution in [3.8, 4) is 11.1 Å². The molecule has 3 nitrogen and oxygen atoms in total. The number of aliphatic imine (C=N–C) groups is 3. The van der Waals surface area contributed by atoms with Gasteiger partial charge in [-0.15, -0.1) is 0 Å². The minimum absolute atomic E-state index is 0.272. The van der Waals surface area contributed by atoms with Gasteiger partial charge in [-0.3, -0.25) is 15.0 Å². The van der Waals surface area contributed by atoms with E-state index in [9.17, 15) is 0 Å². The summed E-state index contributed by atoms with van der Waals surface area (Å²) in [5, 5.41) is 0. The fourth-order valence-corrected chi connectivity index (χ4v) is 7.36. The molecule has 4 aromatic rings. The maximum Gasteiger partial charge on any atom is 0.0748 e. The van der Waals surface area contributed by atoms with E-state index in [1.807, 2.05) is 6.07 Å². The van der Waals surface area contributed by atoms with E-state index in [0.717, 1.165) is 48.3 Å². The molecule has 0 spiro atoms. The Labute approximate surface area is 279 Å². The molecule has 0 radical (unpaired) electrons. The molecule has 0 aromatic heterocycles. The lowest BCUT2D eigenvalue weighted by Crippen LogP contribution is -2.26. The monoisotopic (exact) mass is 611 g/mol. The number of fused-ring (bicyclic) bond motifs is 1. The summed E-state index contributed by atoms with van der Waals surface area (Å²) in [5.74, 6) is 0.551. The summed E-state index contributed by atoms with van der Waals surface area (Å²) in [6.07, 6.45) is 13.0. The Kier molecular flexibility index (Phi) is 8.88. The van der Waals surface area contributed by atoms with Gasteiger partial charge in [0.1, 0.15) is 0 Å². The zero-order chi connectivity index (χ0) is 32.2. The molecule has 0 saturated heterocycles. The molecule has 232 valence electrons. The SMILES string of the molecule is C=N/C(=C1/CCC=CC1=NCC1=CCCC(C2=Nc3ccccc3C(c3ccccc3C)C2C)=C1)c1ccc(-c2ccccc2)cc1. The van der Waals surface area contributed by atoms with Crippen LogP contribution in [0.5, 0.6) is 0 Å². The second-order valence-electron chi connectivity index (χ2n) is 12.7. The minimum Gasteiger partial charge on any atom is -0.280 e.